The monoisotopic (exact) mass is 320 g/mol. The summed E-state index contributed by atoms with van der Waals surface area (Å²) in [6.07, 6.45) is -4.44. The lowest BCUT2D eigenvalue weighted by atomic mass is 9.95. The highest BCUT2D eigenvalue weighted by molar-refractivity contribution is 5.52. The van der Waals surface area contributed by atoms with Gasteiger partial charge in [-0.15, -0.1) is 0 Å². The highest BCUT2D eigenvalue weighted by Crippen LogP contribution is 2.39. The van der Waals surface area contributed by atoms with Crippen molar-refractivity contribution in [3.8, 4) is 0 Å². The van der Waals surface area contributed by atoms with Crippen molar-refractivity contribution < 1.29 is 27.8 Å². The average molecular weight is 320 g/mol. The third-order valence-corrected chi connectivity index (χ3v) is 2.91. The van der Waals surface area contributed by atoms with Crippen molar-refractivity contribution in [1.29, 1.82) is 0 Å². The highest BCUT2D eigenvalue weighted by Gasteiger charge is 2.40. The van der Waals surface area contributed by atoms with Gasteiger partial charge in [0.05, 0.1) is 10.5 Å². The van der Waals surface area contributed by atoms with Crippen LogP contribution < -0.4 is 0 Å². The molecule has 0 aliphatic rings. The SMILES string of the molecule is O=CCCCc1ccc([N+](=O)[O-])c(C[N+](=O)[O-])c1C(F)(F)F. The van der Waals surface area contributed by atoms with Crippen LogP contribution in [0.15, 0.2) is 12.1 Å². The fourth-order valence-electron chi connectivity index (χ4n) is 2.08. The minimum atomic E-state index is -4.96. The third-order valence-electron chi connectivity index (χ3n) is 2.91. The van der Waals surface area contributed by atoms with E-state index in [1.807, 2.05) is 0 Å². The predicted octanol–water partition coefficient (Wildman–Crippen LogP) is 2.91. The summed E-state index contributed by atoms with van der Waals surface area (Å²) in [5, 5.41) is 21.4. The number of nitro benzene ring substituents is 1. The van der Waals surface area contributed by atoms with Gasteiger partial charge < -0.3 is 4.79 Å². The van der Waals surface area contributed by atoms with E-state index >= 15 is 0 Å². The molecule has 7 nitrogen and oxygen atoms in total. The molecule has 0 N–H and O–H groups in total. The van der Waals surface area contributed by atoms with Gasteiger partial charge in [-0.3, -0.25) is 20.2 Å². The second-order valence-electron chi connectivity index (χ2n) is 4.40. The van der Waals surface area contributed by atoms with E-state index in [1.54, 1.807) is 0 Å². The summed E-state index contributed by atoms with van der Waals surface area (Å²) in [4.78, 5) is 29.5. The zero-order chi connectivity index (χ0) is 16.9. The molecule has 22 heavy (non-hydrogen) atoms. The Morgan fingerprint density at radius 1 is 1.18 bits per heavy atom. The van der Waals surface area contributed by atoms with Crippen LogP contribution in [0.4, 0.5) is 18.9 Å². The van der Waals surface area contributed by atoms with E-state index in [9.17, 15) is 38.2 Å². The van der Waals surface area contributed by atoms with Gasteiger partial charge >= 0.3 is 6.18 Å². The van der Waals surface area contributed by atoms with E-state index < -0.39 is 39.4 Å². The number of rotatable bonds is 7. The summed E-state index contributed by atoms with van der Waals surface area (Å²) in [7, 11) is 0. The standard InChI is InChI=1S/C12H11F3N2O5/c13-12(14,15)11-8(3-1-2-6-18)4-5-10(17(21)22)9(11)7-16(19)20/h4-6H,1-3,7H2. The lowest BCUT2D eigenvalue weighted by molar-refractivity contribution is -0.499. The molecule has 0 saturated heterocycles. The van der Waals surface area contributed by atoms with E-state index in [-0.39, 0.29) is 24.8 Å². The summed E-state index contributed by atoms with van der Waals surface area (Å²) in [6.45, 7) is -1.30. The zero-order valence-electron chi connectivity index (χ0n) is 11.1. The number of hydrogen-bond acceptors (Lipinski definition) is 5. The van der Waals surface area contributed by atoms with Crippen molar-refractivity contribution in [1.82, 2.24) is 0 Å². The van der Waals surface area contributed by atoms with E-state index in [0.29, 0.717) is 6.29 Å². The van der Waals surface area contributed by atoms with Crippen molar-refractivity contribution in [3.05, 3.63) is 49.1 Å². The van der Waals surface area contributed by atoms with E-state index in [0.717, 1.165) is 12.1 Å². The normalized spacial score (nSPS) is 11.2. The molecule has 0 fully saturated rings. The number of aryl methyl sites for hydroxylation is 1. The van der Waals surface area contributed by atoms with Crippen molar-refractivity contribution in [2.75, 3.05) is 0 Å². The first kappa shape index (κ1) is 17.5. The first-order chi connectivity index (χ1) is 10.2. The third kappa shape index (κ3) is 4.24. The number of carbonyl (C=O) groups is 1. The maximum atomic E-state index is 13.2. The van der Waals surface area contributed by atoms with Crippen LogP contribution in [0.3, 0.4) is 0 Å². The van der Waals surface area contributed by atoms with Gasteiger partial charge in [0.15, 0.2) is 0 Å². The lowest BCUT2D eigenvalue weighted by Gasteiger charge is -2.15. The Morgan fingerprint density at radius 3 is 2.27 bits per heavy atom. The number of nitro groups is 2. The van der Waals surface area contributed by atoms with Crippen LogP contribution in [0.5, 0.6) is 0 Å². The number of unbranched alkanes of at least 4 members (excludes halogenated alkanes) is 1. The van der Waals surface area contributed by atoms with Crippen LogP contribution in [0, 0.1) is 20.2 Å². The van der Waals surface area contributed by atoms with Crippen molar-refractivity contribution in [2.24, 2.45) is 0 Å². The lowest BCUT2D eigenvalue weighted by Crippen LogP contribution is -2.17. The number of alkyl halides is 3. The molecular weight excluding hydrogens is 309 g/mol. The number of aldehydes is 1. The second-order valence-corrected chi connectivity index (χ2v) is 4.40. The predicted molar refractivity (Wildman–Crippen MR) is 67.8 cm³/mol. The van der Waals surface area contributed by atoms with Crippen molar-refractivity contribution in [3.63, 3.8) is 0 Å². The van der Waals surface area contributed by atoms with Gasteiger partial charge in [-0.2, -0.15) is 13.2 Å². The fourth-order valence-corrected chi connectivity index (χ4v) is 2.08. The minimum absolute atomic E-state index is 0.0266. The minimum Gasteiger partial charge on any atom is -0.303 e. The van der Waals surface area contributed by atoms with Crippen molar-refractivity contribution >= 4 is 12.0 Å². The molecule has 10 heteroatoms. The fraction of sp³-hybridized carbons (Fsp3) is 0.417. The van der Waals surface area contributed by atoms with E-state index in [1.165, 1.54) is 0 Å². The Hall–Kier alpha value is -2.52. The van der Waals surface area contributed by atoms with Gasteiger partial charge in [-0.05, 0) is 18.4 Å². The largest absolute Gasteiger partial charge is 0.417 e. The molecule has 1 aromatic rings. The molecule has 0 radical (unpaired) electrons. The van der Waals surface area contributed by atoms with Gasteiger partial charge in [-0.25, -0.2) is 0 Å². The Bertz CT molecular complexity index is 601. The van der Waals surface area contributed by atoms with Crippen LogP contribution in [0.1, 0.15) is 29.5 Å². The topological polar surface area (TPSA) is 103 Å². The number of benzene rings is 1. The smallest absolute Gasteiger partial charge is 0.303 e. The summed E-state index contributed by atoms with van der Waals surface area (Å²) in [5.74, 6) is 0. The van der Waals surface area contributed by atoms with Gasteiger partial charge in [0.2, 0.25) is 6.54 Å². The molecule has 0 aliphatic heterocycles. The van der Waals surface area contributed by atoms with Gasteiger partial charge in [0.1, 0.15) is 11.8 Å². The summed E-state index contributed by atoms with van der Waals surface area (Å²) in [6, 6.07) is 1.75. The molecule has 0 saturated carbocycles. The Balaban J connectivity index is 3.49. The first-order valence-corrected chi connectivity index (χ1v) is 6.10. The molecular formula is C12H11F3N2O5. The van der Waals surface area contributed by atoms with Crippen LogP contribution in [-0.4, -0.2) is 16.1 Å². The molecule has 0 heterocycles. The molecule has 0 amide bonds. The Kier molecular flexibility index (Phi) is 5.55. The maximum absolute atomic E-state index is 13.2. The number of hydrogen-bond donors (Lipinski definition) is 0. The van der Waals surface area contributed by atoms with E-state index in [4.69, 9.17) is 0 Å². The summed E-state index contributed by atoms with van der Waals surface area (Å²) >= 11 is 0. The number of nitrogens with zero attached hydrogens (tertiary/aromatic N) is 2. The van der Waals surface area contributed by atoms with Gasteiger partial charge in [0.25, 0.3) is 5.69 Å². The number of carbonyl (C=O) groups excluding carboxylic acids is 1. The van der Waals surface area contributed by atoms with Crippen LogP contribution >= 0.6 is 0 Å². The molecule has 0 bridgehead atoms. The molecule has 0 spiro atoms. The van der Waals surface area contributed by atoms with E-state index in [2.05, 4.69) is 0 Å². The Morgan fingerprint density at radius 2 is 1.82 bits per heavy atom. The summed E-state index contributed by atoms with van der Waals surface area (Å²) in [5.41, 5.74) is -3.56. The highest BCUT2D eigenvalue weighted by atomic mass is 19.4. The molecule has 120 valence electrons. The molecule has 0 atom stereocenters. The Labute approximate surface area is 122 Å². The molecule has 0 aromatic heterocycles. The molecule has 0 unspecified atom stereocenters. The average Bonchev–Trinajstić information content (AvgIpc) is 2.36. The first-order valence-electron chi connectivity index (χ1n) is 6.10. The molecule has 0 aliphatic carbocycles. The number of halogens is 3. The van der Waals surface area contributed by atoms with Crippen LogP contribution in [-0.2, 0) is 23.9 Å². The molecule has 1 aromatic carbocycles. The molecule has 1 rings (SSSR count). The quantitative estimate of drug-likeness (QED) is 0.332. The van der Waals surface area contributed by atoms with Crippen LogP contribution in [0.25, 0.3) is 0 Å². The maximum Gasteiger partial charge on any atom is 0.417 e. The van der Waals surface area contributed by atoms with Gasteiger partial charge in [0, 0.05) is 17.4 Å². The van der Waals surface area contributed by atoms with Crippen LogP contribution in [0.2, 0.25) is 0 Å². The summed E-state index contributed by atoms with van der Waals surface area (Å²) < 4.78 is 39.6. The van der Waals surface area contributed by atoms with Gasteiger partial charge in [-0.1, -0.05) is 6.07 Å². The zero-order valence-corrected chi connectivity index (χ0v) is 11.1. The van der Waals surface area contributed by atoms with Crippen molar-refractivity contribution in [2.45, 2.75) is 32.0 Å². The second kappa shape index (κ2) is 6.96.